The van der Waals surface area contributed by atoms with Crippen LogP contribution in [0.5, 0.6) is 11.5 Å². The van der Waals surface area contributed by atoms with Crippen LogP contribution in [0.4, 0.5) is 0 Å². The van der Waals surface area contributed by atoms with Gasteiger partial charge < -0.3 is 25.0 Å². The Bertz CT molecular complexity index is 1330. The summed E-state index contributed by atoms with van der Waals surface area (Å²) in [5.74, 6) is -0.0619. The maximum atomic E-state index is 13.2. The van der Waals surface area contributed by atoms with Crippen LogP contribution in [0.3, 0.4) is 0 Å². The second kappa shape index (κ2) is 10.3. The number of likely N-dealkylation sites (N-methyl/N-ethyl adjacent to an activating group) is 1. The first kappa shape index (κ1) is 25.7. The van der Waals surface area contributed by atoms with Crippen molar-refractivity contribution in [2.24, 2.45) is 0 Å². The van der Waals surface area contributed by atoms with E-state index in [4.69, 9.17) is 9.47 Å². The maximum absolute atomic E-state index is 13.2. The first-order valence-electron chi connectivity index (χ1n) is 11.9. The van der Waals surface area contributed by atoms with E-state index in [1.54, 1.807) is 33.2 Å². The molecule has 0 unspecified atom stereocenters. The van der Waals surface area contributed by atoms with Crippen LogP contribution in [0.1, 0.15) is 44.6 Å². The van der Waals surface area contributed by atoms with Crippen LogP contribution in [0.15, 0.2) is 48.5 Å². The SMILES string of the molecule is COc1cccc(CNC(=O)c2cc3n(n2)C[C@@](C)(C(=O)NCc2ccc(C)cc2)N(C)C3=O)c1OC. The maximum Gasteiger partial charge on any atom is 0.272 e. The number of amides is 3. The summed E-state index contributed by atoms with van der Waals surface area (Å²) in [6.45, 7) is 4.31. The Balaban J connectivity index is 1.47. The first-order valence-corrected chi connectivity index (χ1v) is 11.9. The van der Waals surface area contributed by atoms with Gasteiger partial charge in [0.1, 0.15) is 11.2 Å². The number of benzene rings is 2. The van der Waals surface area contributed by atoms with E-state index in [1.165, 1.54) is 22.8 Å². The highest BCUT2D eigenvalue weighted by molar-refractivity contribution is 6.01. The molecule has 0 fully saturated rings. The zero-order valence-corrected chi connectivity index (χ0v) is 21.6. The molecule has 10 heteroatoms. The highest BCUT2D eigenvalue weighted by Gasteiger charge is 2.46. The van der Waals surface area contributed by atoms with E-state index in [0.29, 0.717) is 18.0 Å². The van der Waals surface area contributed by atoms with Gasteiger partial charge in [0, 0.05) is 31.8 Å². The quantitative estimate of drug-likeness (QED) is 0.486. The fourth-order valence-electron chi connectivity index (χ4n) is 4.28. The van der Waals surface area contributed by atoms with E-state index in [2.05, 4.69) is 15.7 Å². The van der Waals surface area contributed by atoms with Gasteiger partial charge in [-0.25, -0.2) is 0 Å². The average Bonchev–Trinajstić information content (AvgIpc) is 3.33. The van der Waals surface area contributed by atoms with Crippen molar-refractivity contribution in [3.05, 3.63) is 76.6 Å². The van der Waals surface area contributed by atoms with Crippen molar-refractivity contribution in [2.45, 2.75) is 39.0 Å². The summed E-state index contributed by atoms with van der Waals surface area (Å²) >= 11 is 0. The summed E-state index contributed by atoms with van der Waals surface area (Å²) in [5.41, 5.74) is 1.97. The lowest BCUT2D eigenvalue weighted by atomic mass is 9.95. The molecule has 2 heterocycles. The molecule has 1 atom stereocenters. The van der Waals surface area contributed by atoms with Gasteiger partial charge in [-0.1, -0.05) is 42.0 Å². The van der Waals surface area contributed by atoms with Crippen LogP contribution in [0, 0.1) is 6.92 Å². The predicted octanol–water partition coefficient (Wildman–Crippen LogP) is 2.30. The number of methoxy groups -OCH3 is 2. The number of para-hydroxylation sites is 1. The molecule has 0 bridgehead atoms. The second-order valence-corrected chi connectivity index (χ2v) is 9.21. The highest BCUT2D eigenvalue weighted by Crippen LogP contribution is 2.31. The summed E-state index contributed by atoms with van der Waals surface area (Å²) in [7, 11) is 4.65. The number of hydrogen-bond donors (Lipinski definition) is 2. The second-order valence-electron chi connectivity index (χ2n) is 9.21. The molecule has 1 aliphatic rings. The van der Waals surface area contributed by atoms with Crippen molar-refractivity contribution in [2.75, 3.05) is 21.3 Å². The number of aryl methyl sites for hydroxylation is 1. The Hall–Kier alpha value is -4.34. The molecule has 194 valence electrons. The average molecular weight is 506 g/mol. The molecule has 2 N–H and O–H groups in total. The van der Waals surface area contributed by atoms with Crippen LogP contribution < -0.4 is 20.1 Å². The number of nitrogens with one attached hydrogen (secondary N) is 2. The molecule has 0 aliphatic carbocycles. The largest absolute Gasteiger partial charge is 0.493 e. The Morgan fingerprint density at radius 2 is 1.78 bits per heavy atom. The fourth-order valence-corrected chi connectivity index (χ4v) is 4.28. The monoisotopic (exact) mass is 505 g/mol. The van der Waals surface area contributed by atoms with Gasteiger partial charge in [-0.2, -0.15) is 5.10 Å². The van der Waals surface area contributed by atoms with Crippen molar-refractivity contribution < 1.29 is 23.9 Å². The van der Waals surface area contributed by atoms with Gasteiger partial charge in [-0.3, -0.25) is 19.1 Å². The molecule has 2 aromatic carbocycles. The molecule has 0 spiro atoms. The van der Waals surface area contributed by atoms with Crippen molar-refractivity contribution in [1.82, 2.24) is 25.3 Å². The minimum Gasteiger partial charge on any atom is -0.493 e. The van der Waals surface area contributed by atoms with Gasteiger partial charge in [0.05, 0.1) is 20.8 Å². The number of carbonyl (C=O) groups is 3. The first-order chi connectivity index (χ1) is 17.7. The third kappa shape index (κ3) is 5.00. The molecule has 0 radical (unpaired) electrons. The normalized spacial score (nSPS) is 16.7. The number of ether oxygens (including phenoxy) is 2. The van der Waals surface area contributed by atoms with Crippen LogP contribution in [-0.2, 0) is 24.4 Å². The molecule has 10 nitrogen and oxygen atoms in total. The Labute approximate surface area is 215 Å². The lowest BCUT2D eigenvalue weighted by Crippen LogP contribution is -2.62. The van der Waals surface area contributed by atoms with Gasteiger partial charge in [-0.15, -0.1) is 0 Å². The molecule has 4 rings (SSSR count). The van der Waals surface area contributed by atoms with Crippen LogP contribution in [0.25, 0.3) is 0 Å². The number of fused-ring (bicyclic) bond motifs is 1. The van der Waals surface area contributed by atoms with E-state index in [-0.39, 0.29) is 36.3 Å². The predicted molar refractivity (Wildman–Crippen MR) is 136 cm³/mol. The summed E-state index contributed by atoms with van der Waals surface area (Å²) in [6, 6.07) is 14.7. The van der Waals surface area contributed by atoms with Crippen molar-refractivity contribution in [1.29, 1.82) is 0 Å². The summed E-state index contributed by atoms with van der Waals surface area (Å²) in [6.07, 6.45) is 0. The Kier molecular flexibility index (Phi) is 7.19. The molecule has 0 saturated carbocycles. The minimum atomic E-state index is -1.18. The van der Waals surface area contributed by atoms with Crippen molar-refractivity contribution in [3.8, 4) is 11.5 Å². The van der Waals surface area contributed by atoms with Gasteiger partial charge >= 0.3 is 0 Å². The molecular formula is C27H31N5O5. The fraction of sp³-hybridized carbons (Fsp3) is 0.333. The Morgan fingerprint density at radius 3 is 2.46 bits per heavy atom. The standard InChI is InChI=1S/C27H31N5O5/c1-17-9-11-18(12-10-17)14-29-26(35)27(2)16-32-21(25(34)31(27)3)13-20(30-32)24(33)28-15-19-7-6-8-22(36-4)23(19)37-5/h6-13H,14-16H2,1-5H3,(H,28,33)(H,29,35)/t27-/m0/s1. The topological polar surface area (TPSA) is 115 Å². The molecular weight excluding hydrogens is 474 g/mol. The third-order valence-corrected chi connectivity index (χ3v) is 6.72. The van der Waals surface area contributed by atoms with E-state index in [1.807, 2.05) is 37.3 Å². The molecule has 1 aromatic heterocycles. The Morgan fingerprint density at radius 1 is 1.05 bits per heavy atom. The van der Waals surface area contributed by atoms with Gasteiger partial charge in [0.2, 0.25) is 5.91 Å². The number of hydrogen-bond acceptors (Lipinski definition) is 6. The van der Waals surface area contributed by atoms with Crippen LogP contribution >= 0.6 is 0 Å². The van der Waals surface area contributed by atoms with Gasteiger partial charge in [-0.05, 0) is 25.5 Å². The van der Waals surface area contributed by atoms with Crippen molar-refractivity contribution >= 4 is 17.7 Å². The summed E-state index contributed by atoms with van der Waals surface area (Å²) in [4.78, 5) is 40.6. The number of nitrogens with zero attached hydrogens (tertiary/aromatic N) is 3. The molecule has 3 aromatic rings. The minimum absolute atomic E-state index is 0.0860. The van der Waals surface area contributed by atoms with E-state index >= 15 is 0 Å². The van der Waals surface area contributed by atoms with Crippen LogP contribution in [-0.4, -0.2) is 59.2 Å². The van der Waals surface area contributed by atoms with Crippen molar-refractivity contribution in [3.63, 3.8) is 0 Å². The lowest BCUT2D eigenvalue weighted by molar-refractivity contribution is -0.132. The summed E-state index contributed by atoms with van der Waals surface area (Å²) in [5, 5.41) is 10.1. The highest BCUT2D eigenvalue weighted by atomic mass is 16.5. The molecule has 0 saturated heterocycles. The number of rotatable bonds is 8. The zero-order valence-electron chi connectivity index (χ0n) is 21.6. The smallest absolute Gasteiger partial charge is 0.272 e. The van der Waals surface area contributed by atoms with Crippen LogP contribution in [0.2, 0.25) is 0 Å². The van der Waals surface area contributed by atoms with E-state index < -0.39 is 11.4 Å². The van der Waals surface area contributed by atoms with E-state index in [0.717, 1.165) is 16.7 Å². The number of aromatic nitrogens is 2. The zero-order chi connectivity index (χ0) is 26.7. The molecule has 1 aliphatic heterocycles. The van der Waals surface area contributed by atoms with Gasteiger partial charge in [0.25, 0.3) is 11.8 Å². The lowest BCUT2D eigenvalue weighted by Gasteiger charge is -2.40. The molecule has 37 heavy (non-hydrogen) atoms. The molecule has 3 amide bonds. The third-order valence-electron chi connectivity index (χ3n) is 6.72. The van der Waals surface area contributed by atoms with Gasteiger partial charge in [0.15, 0.2) is 17.2 Å². The number of carbonyl (C=O) groups excluding carboxylic acids is 3. The van der Waals surface area contributed by atoms with E-state index in [9.17, 15) is 14.4 Å². The summed E-state index contributed by atoms with van der Waals surface area (Å²) < 4.78 is 12.1.